The molecule has 0 amide bonds. The maximum absolute atomic E-state index is 15.4. The van der Waals surface area contributed by atoms with Gasteiger partial charge in [0.2, 0.25) is 14.8 Å². The maximum atomic E-state index is 15.4. The van der Waals surface area contributed by atoms with Gasteiger partial charge >= 0.3 is 0 Å². The van der Waals surface area contributed by atoms with Gasteiger partial charge < -0.3 is 4.74 Å². The Morgan fingerprint density at radius 1 is 1.26 bits per heavy atom. The van der Waals surface area contributed by atoms with Crippen molar-refractivity contribution in [3.63, 3.8) is 0 Å². The number of hydrogen-bond acceptors (Lipinski definition) is 4. The number of rotatable bonds is 2. The van der Waals surface area contributed by atoms with Crippen LogP contribution in [0, 0.1) is 17.1 Å². The van der Waals surface area contributed by atoms with E-state index in [1.165, 1.54) is 6.07 Å². The average molecular weight is 397 g/mol. The van der Waals surface area contributed by atoms with Gasteiger partial charge in [0.1, 0.15) is 23.5 Å². The van der Waals surface area contributed by atoms with Gasteiger partial charge in [-0.25, -0.2) is 26.0 Å². The Labute approximate surface area is 151 Å². The highest BCUT2D eigenvalue weighted by atomic mass is 32.2. The van der Waals surface area contributed by atoms with Crippen molar-refractivity contribution in [2.45, 2.75) is 35.1 Å². The fourth-order valence-electron chi connectivity index (χ4n) is 3.70. The molecule has 3 unspecified atom stereocenters. The Morgan fingerprint density at radius 3 is 2.63 bits per heavy atom. The third kappa shape index (κ3) is 2.10. The molecule has 3 atom stereocenters. The molecule has 140 valence electrons. The molecule has 9 heteroatoms. The van der Waals surface area contributed by atoms with E-state index in [0.717, 1.165) is 24.3 Å². The predicted molar refractivity (Wildman–Crippen MR) is 85.6 cm³/mol. The van der Waals surface area contributed by atoms with Crippen LogP contribution in [-0.2, 0) is 15.5 Å². The molecule has 2 aromatic carbocycles. The van der Waals surface area contributed by atoms with Gasteiger partial charge in [0.05, 0.1) is 16.5 Å². The van der Waals surface area contributed by atoms with E-state index in [1.54, 1.807) is 6.07 Å². The molecule has 0 N–H and O–H groups in total. The lowest BCUT2D eigenvalue weighted by molar-refractivity contribution is 0.0189. The Morgan fingerprint density at radius 2 is 1.96 bits per heavy atom. The molecule has 0 aromatic heterocycles. The Bertz CT molecular complexity index is 1140. The smallest absolute Gasteiger partial charge is 0.250 e. The molecule has 1 heterocycles. The summed E-state index contributed by atoms with van der Waals surface area (Å²) in [5.74, 6) is -1.20. The standard InChI is InChI=1S/C18H11F4NO3S/c1-17(21)18(22)7-12(20)15-13(2-3-14(16(15)18)27(17,24)25)26-11-5-9(8-23)4-10(19)6-11/h2-6,12H,7H2,1H3. The van der Waals surface area contributed by atoms with Crippen LogP contribution < -0.4 is 4.74 Å². The number of nitriles is 1. The van der Waals surface area contributed by atoms with Gasteiger partial charge in [-0.1, -0.05) is 0 Å². The molecular formula is C18H11F4NO3S. The minimum Gasteiger partial charge on any atom is -0.457 e. The summed E-state index contributed by atoms with van der Waals surface area (Å²) in [6.45, 7) is 0.580. The monoisotopic (exact) mass is 397 g/mol. The number of nitrogens with zero attached hydrogens (tertiary/aromatic N) is 1. The molecule has 0 bridgehead atoms. The summed E-state index contributed by atoms with van der Waals surface area (Å²) in [4.78, 5) is -0.616. The zero-order valence-electron chi connectivity index (χ0n) is 13.8. The van der Waals surface area contributed by atoms with E-state index < -0.39 is 54.9 Å². The van der Waals surface area contributed by atoms with Crippen LogP contribution in [0.4, 0.5) is 17.6 Å². The van der Waals surface area contributed by atoms with Crippen molar-refractivity contribution >= 4 is 9.84 Å². The number of benzene rings is 2. The fourth-order valence-corrected chi connectivity index (χ4v) is 5.51. The van der Waals surface area contributed by atoms with Crippen molar-refractivity contribution in [2.75, 3.05) is 0 Å². The molecule has 2 aliphatic rings. The molecule has 1 aliphatic heterocycles. The second-order valence-corrected chi connectivity index (χ2v) is 8.85. The molecule has 1 aliphatic carbocycles. The van der Waals surface area contributed by atoms with E-state index in [2.05, 4.69) is 0 Å². The minimum absolute atomic E-state index is 0.0573. The molecule has 0 spiro atoms. The topological polar surface area (TPSA) is 67.2 Å². The minimum atomic E-state index is -4.66. The van der Waals surface area contributed by atoms with E-state index >= 15 is 4.39 Å². The molecule has 4 nitrogen and oxygen atoms in total. The Kier molecular flexibility index (Phi) is 3.44. The summed E-state index contributed by atoms with van der Waals surface area (Å²) in [6, 6.07) is 6.82. The van der Waals surface area contributed by atoms with Gasteiger partial charge in [0.25, 0.3) is 0 Å². The van der Waals surface area contributed by atoms with Crippen LogP contribution in [0.25, 0.3) is 0 Å². The second kappa shape index (κ2) is 5.23. The number of sulfone groups is 1. The summed E-state index contributed by atoms with van der Waals surface area (Å²) < 4.78 is 88.5. The molecule has 4 rings (SSSR count). The van der Waals surface area contributed by atoms with E-state index in [0.29, 0.717) is 6.92 Å². The van der Waals surface area contributed by atoms with Gasteiger partial charge in [-0.15, -0.1) is 0 Å². The zero-order chi connectivity index (χ0) is 19.8. The van der Waals surface area contributed by atoms with Gasteiger partial charge in [-0.2, -0.15) is 5.26 Å². The van der Waals surface area contributed by atoms with Crippen LogP contribution >= 0.6 is 0 Å². The molecule has 27 heavy (non-hydrogen) atoms. The third-order valence-electron chi connectivity index (χ3n) is 5.07. The van der Waals surface area contributed by atoms with E-state index in [1.807, 2.05) is 0 Å². The number of ether oxygens (including phenoxy) is 1. The lowest BCUT2D eigenvalue weighted by Crippen LogP contribution is -2.41. The van der Waals surface area contributed by atoms with E-state index in [9.17, 15) is 21.6 Å². The zero-order valence-corrected chi connectivity index (χ0v) is 14.6. The van der Waals surface area contributed by atoms with Gasteiger partial charge in [-0.05, 0) is 31.2 Å². The lowest BCUT2D eigenvalue weighted by atomic mass is 9.93. The van der Waals surface area contributed by atoms with Crippen LogP contribution in [-0.4, -0.2) is 13.4 Å². The quantitative estimate of drug-likeness (QED) is 0.698. The molecular weight excluding hydrogens is 386 g/mol. The average Bonchev–Trinajstić information content (AvgIpc) is 2.92. The summed E-state index contributed by atoms with van der Waals surface area (Å²) in [6.07, 6.45) is -3.01. The first-order chi connectivity index (χ1) is 12.5. The van der Waals surface area contributed by atoms with Gasteiger partial charge in [-0.3, -0.25) is 0 Å². The summed E-state index contributed by atoms with van der Waals surface area (Å²) in [5, 5.41) is 5.57. The molecule has 0 fully saturated rings. The number of hydrogen-bond donors (Lipinski definition) is 0. The van der Waals surface area contributed by atoms with Crippen molar-refractivity contribution in [1.29, 1.82) is 5.26 Å². The SMILES string of the molecule is CC1(F)C2(F)CC(F)c3c(Oc4cc(F)cc(C#N)c4)ccc(c32)S1(=O)=O. The molecule has 0 radical (unpaired) electrons. The Balaban J connectivity index is 1.91. The van der Waals surface area contributed by atoms with Crippen LogP contribution in [0.3, 0.4) is 0 Å². The van der Waals surface area contributed by atoms with E-state index in [4.69, 9.17) is 10.00 Å². The van der Waals surface area contributed by atoms with Gasteiger partial charge in [0, 0.05) is 23.6 Å². The summed E-state index contributed by atoms with van der Waals surface area (Å²) in [5.41, 5.74) is -4.11. The van der Waals surface area contributed by atoms with Crippen molar-refractivity contribution in [1.82, 2.24) is 0 Å². The second-order valence-electron chi connectivity index (χ2n) is 6.63. The normalized spacial score (nSPS) is 30.0. The van der Waals surface area contributed by atoms with Crippen molar-refractivity contribution in [2.24, 2.45) is 0 Å². The first-order valence-electron chi connectivity index (χ1n) is 7.85. The van der Waals surface area contributed by atoms with Crippen molar-refractivity contribution in [3.05, 3.63) is 52.8 Å². The predicted octanol–water partition coefficient (Wildman–Crippen LogP) is 4.54. The van der Waals surface area contributed by atoms with Crippen LogP contribution in [0.15, 0.2) is 35.2 Å². The highest BCUT2D eigenvalue weighted by molar-refractivity contribution is 7.93. The molecule has 2 aromatic rings. The van der Waals surface area contributed by atoms with Crippen LogP contribution in [0.1, 0.15) is 36.2 Å². The summed E-state index contributed by atoms with van der Waals surface area (Å²) in [7, 11) is -4.66. The first kappa shape index (κ1) is 17.8. The first-order valence-corrected chi connectivity index (χ1v) is 9.33. The fraction of sp³-hybridized carbons (Fsp3) is 0.278. The van der Waals surface area contributed by atoms with Crippen LogP contribution in [0.5, 0.6) is 11.5 Å². The number of alkyl halides is 3. The largest absolute Gasteiger partial charge is 0.457 e. The molecule has 0 saturated heterocycles. The van der Waals surface area contributed by atoms with Gasteiger partial charge in [0.15, 0.2) is 5.67 Å². The van der Waals surface area contributed by atoms with Crippen molar-refractivity contribution in [3.8, 4) is 17.6 Å². The van der Waals surface area contributed by atoms with E-state index in [-0.39, 0.29) is 17.1 Å². The maximum Gasteiger partial charge on any atom is 0.250 e. The van der Waals surface area contributed by atoms with Crippen LogP contribution in [0.2, 0.25) is 0 Å². The summed E-state index contributed by atoms with van der Waals surface area (Å²) >= 11 is 0. The lowest BCUT2D eigenvalue weighted by Gasteiger charge is -2.26. The number of halogens is 4. The highest BCUT2D eigenvalue weighted by Gasteiger charge is 2.71. The Hall–Kier alpha value is -2.60. The molecule has 0 saturated carbocycles. The van der Waals surface area contributed by atoms with Crippen molar-refractivity contribution < 1.29 is 30.7 Å². The third-order valence-corrected chi connectivity index (χ3v) is 7.32. The highest BCUT2D eigenvalue weighted by Crippen LogP contribution is 2.65.